The lowest BCUT2D eigenvalue weighted by molar-refractivity contribution is -0.394. The van der Waals surface area contributed by atoms with Crippen LogP contribution in [0.2, 0.25) is 10.0 Å². The minimum atomic E-state index is -0.652. The normalized spacial score (nSPS) is 10.9. The van der Waals surface area contributed by atoms with Crippen LogP contribution in [-0.4, -0.2) is 24.6 Å². The quantitative estimate of drug-likeness (QED) is 0.151. The highest BCUT2D eigenvalue weighted by atomic mass is 35.5. The second kappa shape index (κ2) is 10.2. The Kier molecular flexibility index (Phi) is 7.11. The van der Waals surface area contributed by atoms with Crippen molar-refractivity contribution < 1.29 is 9.85 Å². The van der Waals surface area contributed by atoms with Crippen LogP contribution in [0.3, 0.4) is 0 Å². The maximum absolute atomic E-state index is 11.3. The Morgan fingerprint density at radius 2 is 1.50 bits per heavy atom. The number of rotatable bonds is 8. The number of nitrogens with zero attached hydrogens (tertiary/aromatic N) is 5. The van der Waals surface area contributed by atoms with Gasteiger partial charge in [0.1, 0.15) is 0 Å². The van der Waals surface area contributed by atoms with Crippen LogP contribution in [0.5, 0.6) is 0 Å². The lowest BCUT2D eigenvalue weighted by Crippen LogP contribution is -2.05. The molecule has 0 bridgehead atoms. The number of nitro groups is 2. The fourth-order valence-corrected chi connectivity index (χ4v) is 4.46. The van der Waals surface area contributed by atoms with Crippen molar-refractivity contribution in [2.24, 2.45) is 0 Å². The van der Waals surface area contributed by atoms with Crippen molar-refractivity contribution in [3.8, 4) is 11.4 Å². The Morgan fingerprint density at radius 1 is 0.824 bits per heavy atom. The third kappa shape index (κ3) is 5.36. The molecule has 34 heavy (non-hydrogen) atoms. The van der Waals surface area contributed by atoms with E-state index in [1.165, 1.54) is 23.9 Å². The Morgan fingerprint density at radius 3 is 2.12 bits per heavy atom. The standard InChI is InChI=1S/C22H15Cl2N5O4S/c23-19-7-6-14(10-20(19)24)13-34-22-26-25-21(16-4-2-1-3-5-16)27(22)12-15-8-17(28(30)31)11-18(9-15)29(32)33/h1-11H,12-13H2. The molecule has 0 aliphatic heterocycles. The Balaban J connectivity index is 1.72. The van der Waals surface area contributed by atoms with Gasteiger partial charge in [0.05, 0.1) is 32.5 Å². The molecule has 0 aliphatic rings. The molecule has 12 heteroatoms. The molecule has 9 nitrogen and oxygen atoms in total. The molecule has 0 unspecified atom stereocenters. The van der Waals surface area contributed by atoms with E-state index in [0.717, 1.165) is 17.2 Å². The van der Waals surface area contributed by atoms with Crippen LogP contribution in [0.4, 0.5) is 11.4 Å². The van der Waals surface area contributed by atoms with Crippen molar-refractivity contribution in [1.82, 2.24) is 14.8 Å². The summed E-state index contributed by atoms with van der Waals surface area (Å²) in [7, 11) is 0. The summed E-state index contributed by atoms with van der Waals surface area (Å²) in [5.41, 5.74) is 1.37. The molecule has 0 radical (unpaired) electrons. The molecule has 0 fully saturated rings. The number of aromatic nitrogens is 3. The number of nitro benzene ring substituents is 2. The molecular formula is C22H15Cl2N5O4S. The zero-order chi connectivity index (χ0) is 24.2. The van der Waals surface area contributed by atoms with Crippen LogP contribution < -0.4 is 0 Å². The summed E-state index contributed by atoms with van der Waals surface area (Å²) in [4.78, 5) is 21.3. The summed E-state index contributed by atoms with van der Waals surface area (Å²) in [6.45, 7) is 0.101. The van der Waals surface area contributed by atoms with Crippen molar-refractivity contribution in [3.05, 3.63) is 108 Å². The van der Waals surface area contributed by atoms with Crippen molar-refractivity contribution >= 4 is 46.3 Å². The van der Waals surface area contributed by atoms with E-state index in [0.29, 0.717) is 32.3 Å². The molecule has 0 N–H and O–H groups in total. The van der Waals surface area contributed by atoms with Gasteiger partial charge in [-0.25, -0.2) is 0 Å². The zero-order valence-electron chi connectivity index (χ0n) is 17.3. The molecule has 0 aliphatic carbocycles. The smallest absolute Gasteiger partial charge is 0.276 e. The van der Waals surface area contributed by atoms with Crippen molar-refractivity contribution in [2.75, 3.05) is 0 Å². The predicted octanol–water partition coefficient (Wildman–Crippen LogP) is 6.41. The maximum Gasteiger partial charge on any atom is 0.276 e. The largest absolute Gasteiger partial charge is 0.298 e. The Bertz CT molecular complexity index is 1350. The topological polar surface area (TPSA) is 117 Å². The number of benzene rings is 3. The van der Waals surface area contributed by atoms with Crippen molar-refractivity contribution in [1.29, 1.82) is 0 Å². The third-order valence-corrected chi connectivity index (χ3v) is 6.60. The molecule has 4 rings (SSSR count). The lowest BCUT2D eigenvalue weighted by Gasteiger charge is -2.11. The first-order valence-electron chi connectivity index (χ1n) is 9.80. The molecule has 0 spiro atoms. The summed E-state index contributed by atoms with van der Waals surface area (Å²) < 4.78 is 1.78. The van der Waals surface area contributed by atoms with Gasteiger partial charge in [-0.2, -0.15) is 0 Å². The average molecular weight is 516 g/mol. The molecule has 1 aromatic heterocycles. The van der Waals surface area contributed by atoms with Gasteiger partial charge in [-0.3, -0.25) is 24.8 Å². The number of hydrogen-bond acceptors (Lipinski definition) is 7. The van der Waals surface area contributed by atoms with Gasteiger partial charge in [0.25, 0.3) is 11.4 Å². The molecule has 172 valence electrons. The maximum atomic E-state index is 11.3. The first-order valence-corrected chi connectivity index (χ1v) is 11.5. The Hall–Kier alpha value is -3.47. The van der Waals surface area contributed by atoms with Gasteiger partial charge in [-0.1, -0.05) is 71.4 Å². The summed E-state index contributed by atoms with van der Waals surface area (Å²) >= 11 is 13.5. The highest BCUT2D eigenvalue weighted by Crippen LogP contribution is 2.31. The lowest BCUT2D eigenvalue weighted by atomic mass is 10.1. The molecule has 4 aromatic rings. The number of non-ortho nitro benzene ring substituents is 2. The molecule has 3 aromatic carbocycles. The fourth-order valence-electron chi connectivity index (χ4n) is 3.26. The van der Waals surface area contributed by atoms with Gasteiger partial charge in [0, 0.05) is 23.4 Å². The average Bonchev–Trinajstić information content (AvgIpc) is 3.22. The van der Waals surface area contributed by atoms with E-state index in [9.17, 15) is 20.2 Å². The van der Waals surface area contributed by atoms with Gasteiger partial charge < -0.3 is 0 Å². The van der Waals surface area contributed by atoms with Gasteiger partial charge in [-0.05, 0) is 23.3 Å². The molecule has 0 atom stereocenters. The summed E-state index contributed by atoms with van der Waals surface area (Å²) in [6.07, 6.45) is 0. The van der Waals surface area contributed by atoms with Gasteiger partial charge in [-0.15, -0.1) is 10.2 Å². The van der Waals surface area contributed by atoms with E-state index >= 15 is 0 Å². The summed E-state index contributed by atoms with van der Waals surface area (Å²) in [6, 6.07) is 18.2. The predicted molar refractivity (Wildman–Crippen MR) is 130 cm³/mol. The van der Waals surface area contributed by atoms with E-state index < -0.39 is 9.85 Å². The second-order valence-corrected chi connectivity index (χ2v) is 8.92. The van der Waals surface area contributed by atoms with E-state index in [-0.39, 0.29) is 17.9 Å². The van der Waals surface area contributed by atoms with Gasteiger partial charge in [0.15, 0.2) is 11.0 Å². The molecule has 0 saturated heterocycles. The number of halogens is 2. The highest BCUT2D eigenvalue weighted by Gasteiger charge is 2.20. The van der Waals surface area contributed by atoms with Crippen molar-refractivity contribution in [3.63, 3.8) is 0 Å². The fraction of sp³-hybridized carbons (Fsp3) is 0.0909. The second-order valence-electron chi connectivity index (χ2n) is 7.17. The van der Waals surface area contributed by atoms with Gasteiger partial charge in [0.2, 0.25) is 0 Å². The molecule has 0 saturated carbocycles. The zero-order valence-corrected chi connectivity index (χ0v) is 19.6. The Labute approximate surface area is 207 Å². The first-order chi connectivity index (χ1) is 16.3. The number of hydrogen-bond donors (Lipinski definition) is 0. The highest BCUT2D eigenvalue weighted by molar-refractivity contribution is 7.98. The number of thioether (sulfide) groups is 1. The molecular weight excluding hydrogens is 501 g/mol. The molecule has 0 amide bonds. The minimum Gasteiger partial charge on any atom is -0.298 e. The SMILES string of the molecule is O=[N+]([O-])c1cc(Cn2c(SCc3ccc(Cl)c(Cl)c3)nnc2-c2ccccc2)cc([N+](=O)[O-])c1. The van der Waals surface area contributed by atoms with E-state index in [1.807, 2.05) is 36.4 Å². The van der Waals surface area contributed by atoms with Crippen molar-refractivity contribution in [2.45, 2.75) is 17.5 Å². The minimum absolute atomic E-state index is 0.101. The van der Waals surface area contributed by atoms with E-state index in [2.05, 4.69) is 10.2 Å². The van der Waals surface area contributed by atoms with Crippen LogP contribution in [0, 0.1) is 20.2 Å². The van der Waals surface area contributed by atoms with E-state index in [4.69, 9.17) is 23.2 Å². The summed E-state index contributed by atoms with van der Waals surface area (Å²) in [5, 5.41) is 32.7. The monoisotopic (exact) mass is 515 g/mol. The molecule has 1 heterocycles. The van der Waals surface area contributed by atoms with Crippen LogP contribution in [0.1, 0.15) is 11.1 Å². The first kappa shape index (κ1) is 23.7. The summed E-state index contributed by atoms with van der Waals surface area (Å²) in [5.74, 6) is 1.05. The third-order valence-electron chi connectivity index (χ3n) is 4.83. The van der Waals surface area contributed by atoms with Crippen LogP contribution in [0.15, 0.2) is 71.9 Å². The van der Waals surface area contributed by atoms with Crippen LogP contribution in [-0.2, 0) is 12.3 Å². The van der Waals surface area contributed by atoms with Crippen LogP contribution in [0.25, 0.3) is 11.4 Å². The van der Waals surface area contributed by atoms with Crippen LogP contribution >= 0.6 is 35.0 Å². The van der Waals surface area contributed by atoms with E-state index in [1.54, 1.807) is 16.7 Å². The van der Waals surface area contributed by atoms with Gasteiger partial charge >= 0.3 is 0 Å².